The first-order chi connectivity index (χ1) is 31.7. The third-order valence-electron chi connectivity index (χ3n) is 13.1. The molecule has 11 aromatic carbocycles. The van der Waals surface area contributed by atoms with Gasteiger partial charge in [0.1, 0.15) is 0 Å². The normalized spacial score (nSPS) is 12.0. The van der Waals surface area contributed by atoms with Crippen LogP contribution in [-0.2, 0) is 0 Å². The molecule has 12 aromatic rings. The zero-order chi connectivity index (χ0) is 42.4. The molecule has 0 aliphatic heterocycles. The summed E-state index contributed by atoms with van der Waals surface area (Å²) in [6.07, 6.45) is 0. The Labute approximate surface area is 373 Å². The van der Waals surface area contributed by atoms with Crippen molar-refractivity contribution in [3.05, 3.63) is 271 Å². The number of hydrogen-bond donors (Lipinski definition) is 0. The number of nitrogens with zero attached hydrogens (tertiary/aromatic N) is 1. The zero-order valence-corrected chi connectivity index (χ0v) is 35.3. The van der Waals surface area contributed by atoms with E-state index < -0.39 is 0 Å². The van der Waals surface area contributed by atoms with Crippen LogP contribution in [-0.4, -0.2) is 4.57 Å². The monoisotopic (exact) mass is 813 g/mol. The molecule has 300 valence electrons. The van der Waals surface area contributed by atoms with E-state index in [-0.39, 0.29) is 5.92 Å². The number of para-hydroxylation sites is 1. The van der Waals surface area contributed by atoms with E-state index in [0.29, 0.717) is 0 Å². The van der Waals surface area contributed by atoms with E-state index in [1.165, 1.54) is 105 Å². The Morgan fingerprint density at radius 3 is 1.62 bits per heavy atom. The largest absolute Gasteiger partial charge is 0.309 e. The number of rotatable bonds is 8. The number of aromatic nitrogens is 1. The van der Waals surface area contributed by atoms with Crippen molar-refractivity contribution in [2.75, 3.05) is 0 Å². The lowest BCUT2D eigenvalue weighted by atomic mass is 9.82. The second-order valence-corrected chi connectivity index (χ2v) is 16.9. The first-order valence-corrected chi connectivity index (χ1v) is 22.2. The van der Waals surface area contributed by atoms with Crippen LogP contribution in [0.1, 0.15) is 22.6 Å². The second kappa shape index (κ2) is 15.9. The molecule has 0 fully saturated rings. The summed E-state index contributed by atoms with van der Waals surface area (Å²) < 4.78 is 2.43. The number of hydrogen-bond acceptors (Lipinski definition) is 0. The standard InChI is InChI=1S/C63H43N/c1-3-14-43(15-4-1)52-38-39-59-61(42-52)64(55-22-5-2-6-23-55)60-27-13-26-58(63(59)60)53-20-11-21-54(41-53)62(48-33-28-45(29-34-48)51-37-30-44-16-7-8-18-50(44)40-51)49-35-31-47(32-36-49)57-25-12-19-46-17-9-10-24-56(46)57/h1-42,62H. The highest BCUT2D eigenvalue weighted by Gasteiger charge is 2.21. The summed E-state index contributed by atoms with van der Waals surface area (Å²) in [5, 5.41) is 7.53. The van der Waals surface area contributed by atoms with E-state index in [1.807, 2.05) is 0 Å². The van der Waals surface area contributed by atoms with Gasteiger partial charge in [-0.05, 0) is 113 Å². The van der Waals surface area contributed by atoms with Crippen molar-refractivity contribution in [2.24, 2.45) is 0 Å². The van der Waals surface area contributed by atoms with Gasteiger partial charge in [0.2, 0.25) is 0 Å². The van der Waals surface area contributed by atoms with Crippen LogP contribution in [0.15, 0.2) is 255 Å². The molecule has 1 heteroatoms. The smallest absolute Gasteiger partial charge is 0.0547 e. The lowest BCUT2D eigenvalue weighted by Gasteiger charge is -2.21. The average molecular weight is 814 g/mol. The predicted molar refractivity (Wildman–Crippen MR) is 271 cm³/mol. The molecule has 0 amide bonds. The topological polar surface area (TPSA) is 4.93 Å². The van der Waals surface area contributed by atoms with Gasteiger partial charge in [0.25, 0.3) is 0 Å². The Balaban J connectivity index is 1.00. The SMILES string of the molecule is c1ccc(-c2ccc3c4c(-c5cccc(C(c6ccc(-c7ccc8ccccc8c7)cc6)c6ccc(-c7cccc8ccccc78)cc6)c5)cccc4n(-c4ccccc4)c3c2)cc1. The van der Waals surface area contributed by atoms with Gasteiger partial charge in [0.15, 0.2) is 0 Å². The van der Waals surface area contributed by atoms with Crippen LogP contribution in [0.3, 0.4) is 0 Å². The van der Waals surface area contributed by atoms with E-state index in [1.54, 1.807) is 0 Å². The Hall–Kier alpha value is -8.26. The summed E-state index contributed by atoms with van der Waals surface area (Å²) in [7, 11) is 0. The Morgan fingerprint density at radius 1 is 0.266 bits per heavy atom. The molecule has 0 N–H and O–H groups in total. The van der Waals surface area contributed by atoms with Gasteiger partial charge in [-0.25, -0.2) is 0 Å². The number of fused-ring (bicyclic) bond motifs is 5. The molecule has 0 aliphatic carbocycles. The van der Waals surface area contributed by atoms with Crippen molar-refractivity contribution in [3.63, 3.8) is 0 Å². The third-order valence-corrected chi connectivity index (χ3v) is 13.1. The highest BCUT2D eigenvalue weighted by atomic mass is 15.0. The molecule has 0 saturated carbocycles. The fourth-order valence-corrected chi connectivity index (χ4v) is 10.0. The quantitative estimate of drug-likeness (QED) is 0.135. The minimum atomic E-state index is 0.00506. The van der Waals surface area contributed by atoms with Gasteiger partial charge in [-0.15, -0.1) is 0 Å². The van der Waals surface area contributed by atoms with Crippen molar-refractivity contribution >= 4 is 43.4 Å². The van der Waals surface area contributed by atoms with E-state index in [0.717, 1.165) is 5.69 Å². The van der Waals surface area contributed by atoms with Crippen LogP contribution in [0.5, 0.6) is 0 Å². The molecular formula is C63H43N. The van der Waals surface area contributed by atoms with Gasteiger partial charge in [-0.1, -0.05) is 224 Å². The first-order valence-electron chi connectivity index (χ1n) is 22.2. The van der Waals surface area contributed by atoms with Crippen LogP contribution < -0.4 is 0 Å². The highest BCUT2D eigenvalue weighted by molar-refractivity contribution is 6.16. The predicted octanol–water partition coefficient (Wildman–Crippen LogP) is 16.9. The molecule has 0 bridgehead atoms. The summed E-state index contributed by atoms with van der Waals surface area (Å²) in [5.41, 5.74) is 17.1. The molecule has 64 heavy (non-hydrogen) atoms. The second-order valence-electron chi connectivity index (χ2n) is 16.9. The van der Waals surface area contributed by atoms with Gasteiger partial charge < -0.3 is 4.57 Å². The van der Waals surface area contributed by atoms with Crippen molar-refractivity contribution in [2.45, 2.75) is 5.92 Å². The molecular weight excluding hydrogens is 771 g/mol. The highest BCUT2D eigenvalue weighted by Crippen LogP contribution is 2.42. The molecule has 1 unspecified atom stereocenters. The van der Waals surface area contributed by atoms with Crippen LogP contribution in [0.4, 0.5) is 0 Å². The minimum Gasteiger partial charge on any atom is -0.309 e. The van der Waals surface area contributed by atoms with Crippen molar-refractivity contribution in [1.82, 2.24) is 4.57 Å². The summed E-state index contributed by atoms with van der Waals surface area (Å²) in [5.74, 6) is 0.00506. The lowest BCUT2D eigenvalue weighted by Crippen LogP contribution is -2.04. The maximum atomic E-state index is 2.43. The van der Waals surface area contributed by atoms with E-state index in [4.69, 9.17) is 0 Å². The van der Waals surface area contributed by atoms with Gasteiger partial charge in [-0.2, -0.15) is 0 Å². The van der Waals surface area contributed by atoms with Gasteiger partial charge in [0.05, 0.1) is 11.0 Å². The van der Waals surface area contributed by atoms with Crippen LogP contribution in [0.25, 0.3) is 93.5 Å². The summed E-state index contributed by atoms with van der Waals surface area (Å²) in [6.45, 7) is 0. The molecule has 1 heterocycles. The van der Waals surface area contributed by atoms with Crippen LogP contribution in [0.2, 0.25) is 0 Å². The Bertz CT molecular complexity index is 3630. The molecule has 0 radical (unpaired) electrons. The van der Waals surface area contributed by atoms with E-state index >= 15 is 0 Å². The molecule has 0 saturated heterocycles. The number of benzene rings is 11. The Morgan fingerprint density at radius 2 is 0.828 bits per heavy atom. The third kappa shape index (κ3) is 6.67. The molecule has 1 atom stereocenters. The summed E-state index contributed by atoms with van der Waals surface area (Å²) >= 11 is 0. The summed E-state index contributed by atoms with van der Waals surface area (Å²) in [6, 6.07) is 93.6. The van der Waals surface area contributed by atoms with Gasteiger partial charge in [-0.3, -0.25) is 0 Å². The zero-order valence-electron chi connectivity index (χ0n) is 35.3. The Kier molecular flexibility index (Phi) is 9.31. The van der Waals surface area contributed by atoms with Gasteiger partial charge in [0, 0.05) is 22.4 Å². The summed E-state index contributed by atoms with van der Waals surface area (Å²) in [4.78, 5) is 0. The maximum absolute atomic E-state index is 2.43. The van der Waals surface area contributed by atoms with Gasteiger partial charge >= 0.3 is 0 Å². The molecule has 0 aliphatic rings. The minimum absolute atomic E-state index is 0.00506. The fourth-order valence-electron chi connectivity index (χ4n) is 10.0. The van der Waals surface area contributed by atoms with Crippen molar-refractivity contribution < 1.29 is 0 Å². The lowest BCUT2D eigenvalue weighted by molar-refractivity contribution is 0.978. The van der Waals surface area contributed by atoms with E-state index in [9.17, 15) is 0 Å². The molecule has 1 aromatic heterocycles. The molecule has 12 rings (SSSR count). The van der Waals surface area contributed by atoms with Crippen molar-refractivity contribution in [1.29, 1.82) is 0 Å². The first kappa shape index (κ1) is 37.5. The fraction of sp³-hybridized carbons (Fsp3) is 0.0159. The van der Waals surface area contributed by atoms with Crippen LogP contribution >= 0.6 is 0 Å². The molecule has 1 nitrogen and oxygen atoms in total. The van der Waals surface area contributed by atoms with Crippen molar-refractivity contribution in [3.8, 4) is 50.2 Å². The maximum Gasteiger partial charge on any atom is 0.0547 e. The van der Waals surface area contributed by atoms with Crippen LogP contribution in [0, 0.1) is 0 Å². The molecule has 0 spiro atoms. The average Bonchev–Trinajstić information content (AvgIpc) is 3.71. The van der Waals surface area contributed by atoms with E-state index in [2.05, 4.69) is 259 Å².